The van der Waals surface area contributed by atoms with Crippen molar-refractivity contribution in [2.75, 3.05) is 5.32 Å². The Kier molecular flexibility index (Phi) is 4.71. The van der Waals surface area contributed by atoms with Gasteiger partial charge in [0.2, 0.25) is 0 Å². The van der Waals surface area contributed by atoms with Crippen molar-refractivity contribution in [3.63, 3.8) is 0 Å². The Morgan fingerprint density at radius 1 is 1.16 bits per heavy atom. The van der Waals surface area contributed by atoms with E-state index in [4.69, 9.17) is 23.8 Å². The van der Waals surface area contributed by atoms with Crippen molar-refractivity contribution in [2.24, 2.45) is 0 Å². The highest BCUT2D eigenvalue weighted by Crippen LogP contribution is 2.15. The number of thiocarbonyl (C=S) groups is 1. The van der Waals surface area contributed by atoms with Crippen LogP contribution < -0.4 is 10.6 Å². The first kappa shape index (κ1) is 13.8. The molecule has 0 aromatic heterocycles. The molecule has 0 unspecified atom stereocenters. The lowest BCUT2D eigenvalue weighted by Gasteiger charge is -2.10. The summed E-state index contributed by atoms with van der Waals surface area (Å²) >= 11 is 10.9. The van der Waals surface area contributed by atoms with Crippen molar-refractivity contribution in [3.8, 4) is 0 Å². The fraction of sp³-hybridized carbons (Fsp3) is 0.0714. The summed E-state index contributed by atoms with van der Waals surface area (Å²) in [6.45, 7) is 0.485. The van der Waals surface area contributed by atoms with E-state index in [0.29, 0.717) is 11.7 Å². The van der Waals surface area contributed by atoms with Gasteiger partial charge in [-0.15, -0.1) is 0 Å². The highest BCUT2D eigenvalue weighted by Gasteiger charge is 2.02. The minimum atomic E-state index is -0.421. The van der Waals surface area contributed by atoms with Crippen molar-refractivity contribution in [2.45, 2.75) is 6.54 Å². The molecule has 2 nitrogen and oxygen atoms in total. The predicted octanol–water partition coefficient (Wildman–Crippen LogP) is 3.97. The third kappa shape index (κ3) is 4.19. The van der Waals surface area contributed by atoms with E-state index in [2.05, 4.69) is 10.6 Å². The summed E-state index contributed by atoms with van der Waals surface area (Å²) < 4.78 is 13.0. The van der Waals surface area contributed by atoms with Crippen LogP contribution in [0.1, 0.15) is 5.56 Å². The number of hydrogen-bond donors (Lipinski definition) is 2. The summed E-state index contributed by atoms with van der Waals surface area (Å²) in [4.78, 5) is 0. The summed E-state index contributed by atoms with van der Waals surface area (Å²) in [5.41, 5.74) is 1.78. The fourth-order valence-corrected chi connectivity index (χ4v) is 1.92. The van der Waals surface area contributed by atoms with Crippen LogP contribution >= 0.6 is 23.8 Å². The average Bonchev–Trinajstić information content (AvgIpc) is 2.41. The Morgan fingerprint density at radius 2 is 1.89 bits per heavy atom. The minimum Gasteiger partial charge on any atom is -0.358 e. The second-order valence-electron chi connectivity index (χ2n) is 3.92. The Labute approximate surface area is 121 Å². The summed E-state index contributed by atoms with van der Waals surface area (Å²) in [7, 11) is 0. The van der Waals surface area contributed by atoms with Gasteiger partial charge in [-0.1, -0.05) is 35.9 Å². The van der Waals surface area contributed by atoms with E-state index in [1.165, 1.54) is 6.07 Å². The van der Waals surface area contributed by atoms with E-state index in [-0.39, 0.29) is 5.02 Å². The summed E-state index contributed by atoms with van der Waals surface area (Å²) in [6.07, 6.45) is 0. The van der Waals surface area contributed by atoms with E-state index in [1.807, 2.05) is 30.3 Å². The summed E-state index contributed by atoms with van der Waals surface area (Å²) in [5, 5.41) is 6.70. The van der Waals surface area contributed by atoms with E-state index < -0.39 is 5.82 Å². The molecular formula is C14H12ClFN2S. The van der Waals surface area contributed by atoms with Crippen molar-refractivity contribution in [1.29, 1.82) is 0 Å². The molecule has 19 heavy (non-hydrogen) atoms. The third-order valence-electron chi connectivity index (χ3n) is 2.47. The molecule has 0 heterocycles. The van der Waals surface area contributed by atoms with Crippen LogP contribution in [-0.4, -0.2) is 5.11 Å². The smallest absolute Gasteiger partial charge is 0.171 e. The van der Waals surface area contributed by atoms with Crippen LogP contribution in [0.15, 0.2) is 48.5 Å². The SMILES string of the molecule is Fc1ccc(CNC(=S)Nc2ccccc2)cc1Cl. The van der Waals surface area contributed by atoms with Crippen LogP contribution in [0.5, 0.6) is 0 Å². The molecule has 2 aromatic carbocycles. The quantitative estimate of drug-likeness (QED) is 0.838. The molecule has 0 fully saturated rings. The van der Waals surface area contributed by atoms with Gasteiger partial charge >= 0.3 is 0 Å². The molecule has 98 valence electrons. The van der Waals surface area contributed by atoms with E-state index in [9.17, 15) is 4.39 Å². The van der Waals surface area contributed by atoms with Crippen molar-refractivity contribution in [1.82, 2.24) is 5.32 Å². The molecular weight excluding hydrogens is 283 g/mol. The highest BCUT2D eigenvalue weighted by atomic mass is 35.5. The first-order valence-electron chi connectivity index (χ1n) is 5.69. The van der Waals surface area contributed by atoms with Gasteiger partial charge in [0.05, 0.1) is 5.02 Å². The van der Waals surface area contributed by atoms with E-state index in [1.54, 1.807) is 12.1 Å². The first-order valence-corrected chi connectivity index (χ1v) is 6.47. The zero-order valence-electron chi connectivity index (χ0n) is 9.99. The number of nitrogens with one attached hydrogen (secondary N) is 2. The topological polar surface area (TPSA) is 24.1 Å². The van der Waals surface area contributed by atoms with Crippen molar-refractivity contribution in [3.05, 3.63) is 64.9 Å². The molecule has 5 heteroatoms. The van der Waals surface area contributed by atoms with Gasteiger partial charge in [-0.05, 0) is 42.0 Å². The maximum Gasteiger partial charge on any atom is 0.171 e. The maximum atomic E-state index is 13.0. The second-order valence-corrected chi connectivity index (χ2v) is 4.74. The molecule has 0 saturated carbocycles. The number of benzene rings is 2. The van der Waals surface area contributed by atoms with Gasteiger partial charge in [-0.3, -0.25) is 0 Å². The fourth-order valence-electron chi connectivity index (χ4n) is 1.53. The zero-order valence-corrected chi connectivity index (χ0v) is 11.6. The minimum absolute atomic E-state index is 0.112. The second kappa shape index (κ2) is 6.50. The lowest BCUT2D eigenvalue weighted by Crippen LogP contribution is -2.27. The molecule has 0 aliphatic heterocycles. The normalized spacial score (nSPS) is 10.0. The molecule has 2 aromatic rings. The lowest BCUT2D eigenvalue weighted by atomic mass is 10.2. The average molecular weight is 295 g/mol. The van der Waals surface area contributed by atoms with E-state index >= 15 is 0 Å². The summed E-state index contributed by atoms with van der Waals surface area (Å²) in [6, 6.07) is 14.2. The molecule has 0 spiro atoms. The number of para-hydroxylation sites is 1. The first-order chi connectivity index (χ1) is 9.15. The maximum absolute atomic E-state index is 13.0. The molecule has 0 aliphatic rings. The molecule has 0 bridgehead atoms. The van der Waals surface area contributed by atoms with Crippen LogP contribution in [0, 0.1) is 5.82 Å². The third-order valence-corrected chi connectivity index (χ3v) is 3.00. The van der Waals surface area contributed by atoms with Gasteiger partial charge in [-0.2, -0.15) is 0 Å². The van der Waals surface area contributed by atoms with Gasteiger partial charge in [0.25, 0.3) is 0 Å². The molecule has 0 saturated heterocycles. The van der Waals surface area contributed by atoms with Gasteiger partial charge in [0.15, 0.2) is 5.11 Å². The van der Waals surface area contributed by atoms with Crippen molar-refractivity contribution < 1.29 is 4.39 Å². The Hall–Kier alpha value is -1.65. The molecule has 2 N–H and O–H groups in total. The molecule has 0 radical (unpaired) electrons. The van der Waals surface area contributed by atoms with Crippen LogP contribution in [0.2, 0.25) is 5.02 Å². The standard InChI is InChI=1S/C14H12ClFN2S/c15-12-8-10(6-7-13(12)16)9-17-14(19)18-11-4-2-1-3-5-11/h1-8H,9H2,(H2,17,18,19). The van der Waals surface area contributed by atoms with Gasteiger partial charge in [0.1, 0.15) is 5.82 Å². The van der Waals surface area contributed by atoms with Crippen LogP contribution in [-0.2, 0) is 6.54 Å². The summed E-state index contributed by atoms with van der Waals surface area (Å²) in [5.74, 6) is -0.421. The number of anilines is 1. The van der Waals surface area contributed by atoms with Gasteiger partial charge in [0, 0.05) is 12.2 Å². The van der Waals surface area contributed by atoms with Crippen molar-refractivity contribution >= 4 is 34.6 Å². The predicted molar refractivity (Wildman–Crippen MR) is 80.9 cm³/mol. The Balaban J connectivity index is 1.88. The number of rotatable bonds is 3. The van der Waals surface area contributed by atoms with E-state index in [0.717, 1.165) is 11.3 Å². The van der Waals surface area contributed by atoms with Gasteiger partial charge in [-0.25, -0.2) is 4.39 Å². The molecule has 0 aliphatic carbocycles. The molecule has 2 rings (SSSR count). The Morgan fingerprint density at radius 3 is 2.58 bits per heavy atom. The van der Waals surface area contributed by atoms with Gasteiger partial charge < -0.3 is 10.6 Å². The highest BCUT2D eigenvalue weighted by molar-refractivity contribution is 7.80. The molecule has 0 atom stereocenters. The molecule has 0 amide bonds. The monoisotopic (exact) mass is 294 g/mol. The number of hydrogen-bond acceptors (Lipinski definition) is 1. The Bertz CT molecular complexity index is 575. The number of halogens is 2. The van der Waals surface area contributed by atoms with Crippen LogP contribution in [0.25, 0.3) is 0 Å². The van der Waals surface area contributed by atoms with Crippen LogP contribution in [0.3, 0.4) is 0 Å². The lowest BCUT2D eigenvalue weighted by molar-refractivity contribution is 0.627. The largest absolute Gasteiger partial charge is 0.358 e. The zero-order chi connectivity index (χ0) is 13.7. The van der Waals surface area contributed by atoms with Crippen LogP contribution in [0.4, 0.5) is 10.1 Å².